The van der Waals surface area contributed by atoms with Gasteiger partial charge in [0, 0.05) is 43.7 Å². The third kappa shape index (κ3) is 3.44. The Morgan fingerprint density at radius 3 is 2.79 bits per heavy atom. The first kappa shape index (κ1) is 13.8. The molecule has 2 aromatic heterocycles. The molecule has 19 heavy (non-hydrogen) atoms. The monoisotopic (exact) mass is 262 g/mol. The average molecular weight is 262 g/mol. The molecule has 2 aromatic rings. The van der Waals surface area contributed by atoms with Gasteiger partial charge in [0.1, 0.15) is 5.82 Å². The summed E-state index contributed by atoms with van der Waals surface area (Å²) in [5, 5.41) is 14.5. The van der Waals surface area contributed by atoms with Gasteiger partial charge in [0.2, 0.25) is 0 Å². The zero-order valence-electron chi connectivity index (χ0n) is 11.7. The van der Waals surface area contributed by atoms with E-state index in [9.17, 15) is 5.11 Å². The van der Waals surface area contributed by atoms with Crippen molar-refractivity contribution in [3.8, 4) is 0 Å². The first-order valence-corrected chi connectivity index (χ1v) is 6.95. The van der Waals surface area contributed by atoms with Gasteiger partial charge in [-0.05, 0) is 12.8 Å². The molecule has 0 saturated heterocycles. The van der Waals surface area contributed by atoms with Crippen molar-refractivity contribution in [3.63, 3.8) is 0 Å². The summed E-state index contributed by atoms with van der Waals surface area (Å²) in [7, 11) is 0. The molecule has 104 valence electrons. The number of imidazole rings is 1. The van der Waals surface area contributed by atoms with Crippen molar-refractivity contribution < 1.29 is 5.11 Å². The molecule has 0 aliphatic rings. The molecule has 0 fully saturated rings. The van der Waals surface area contributed by atoms with E-state index >= 15 is 0 Å². The third-order valence-electron chi connectivity index (χ3n) is 3.13. The maximum atomic E-state index is 10.3. The van der Waals surface area contributed by atoms with Crippen molar-refractivity contribution in [1.29, 1.82) is 0 Å². The smallest absolute Gasteiger partial charge is 0.111 e. The van der Waals surface area contributed by atoms with Gasteiger partial charge in [0.15, 0.2) is 0 Å². The van der Waals surface area contributed by atoms with E-state index in [1.165, 1.54) is 0 Å². The van der Waals surface area contributed by atoms with Crippen molar-refractivity contribution in [2.75, 3.05) is 0 Å². The van der Waals surface area contributed by atoms with Crippen molar-refractivity contribution in [3.05, 3.63) is 36.2 Å². The molecule has 0 radical (unpaired) electrons. The molecule has 5 nitrogen and oxygen atoms in total. The molecule has 2 heterocycles. The van der Waals surface area contributed by atoms with Gasteiger partial charge in [-0.15, -0.1) is 0 Å². The van der Waals surface area contributed by atoms with Crippen molar-refractivity contribution in [2.45, 2.75) is 52.3 Å². The minimum Gasteiger partial charge on any atom is -0.388 e. The number of aryl methyl sites for hydroxylation is 2. The number of aliphatic hydroxyl groups is 1. The van der Waals surface area contributed by atoms with Gasteiger partial charge in [0.05, 0.1) is 12.3 Å². The third-order valence-corrected chi connectivity index (χ3v) is 3.13. The largest absolute Gasteiger partial charge is 0.388 e. The lowest BCUT2D eigenvalue weighted by molar-refractivity contribution is 0.174. The number of aromatic nitrogens is 4. The maximum absolute atomic E-state index is 10.3. The van der Waals surface area contributed by atoms with Gasteiger partial charge in [-0.3, -0.25) is 4.68 Å². The molecule has 0 bridgehead atoms. The number of hydrogen-bond acceptors (Lipinski definition) is 3. The Hall–Kier alpha value is -1.62. The number of aliphatic hydroxyl groups excluding tert-OH is 1. The Bertz CT molecular complexity index is 503. The normalized spacial score (nSPS) is 12.8. The Kier molecular flexibility index (Phi) is 4.74. The summed E-state index contributed by atoms with van der Waals surface area (Å²) in [5.74, 6) is 0.928. The number of nitrogens with zero attached hydrogens (tertiary/aromatic N) is 4. The summed E-state index contributed by atoms with van der Waals surface area (Å²) >= 11 is 0. The fourth-order valence-electron chi connectivity index (χ4n) is 2.17. The van der Waals surface area contributed by atoms with Gasteiger partial charge in [0.25, 0.3) is 0 Å². The predicted octanol–water partition coefficient (Wildman–Crippen LogP) is 2.18. The molecule has 0 spiro atoms. The topological polar surface area (TPSA) is 55.9 Å². The number of hydrogen-bond donors (Lipinski definition) is 1. The first-order valence-electron chi connectivity index (χ1n) is 6.95. The fourth-order valence-corrected chi connectivity index (χ4v) is 2.17. The minimum absolute atomic E-state index is 0.533. The average Bonchev–Trinajstić information content (AvgIpc) is 3.01. The fraction of sp³-hybridized carbons (Fsp3) is 0.571. The second-order valence-corrected chi connectivity index (χ2v) is 4.79. The summed E-state index contributed by atoms with van der Waals surface area (Å²) in [6.07, 6.45) is 9.51. The van der Waals surface area contributed by atoms with Crippen molar-refractivity contribution in [1.82, 2.24) is 19.3 Å². The second kappa shape index (κ2) is 6.52. The van der Waals surface area contributed by atoms with Crippen LogP contribution in [0.25, 0.3) is 0 Å². The van der Waals surface area contributed by atoms with Crippen molar-refractivity contribution >= 4 is 0 Å². The van der Waals surface area contributed by atoms with Crippen LogP contribution in [0.1, 0.15) is 44.2 Å². The van der Waals surface area contributed by atoms with Gasteiger partial charge in [-0.1, -0.05) is 13.8 Å². The summed E-state index contributed by atoms with van der Waals surface area (Å²) in [6, 6.07) is 0. The lowest BCUT2D eigenvalue weighted by atomic mass is 10.1. The van der Waals surface area contributed by atoms with E-state index < -0.39 is 6.10 Å². The molecule has 0 aromatic carbocycles. The van der Waals surface area contributed by atoms with Crippen LogP contribution in [-0.4, -0.2) is 24.4 Å². The van der Waals surface area contributed by atoms with E-state index in [1.807, 2.05) is 17.1 Å². The second-order valence-electron chi connectivity index (χ2n) is 4.79. The molecule has 1 unspecified atom stereocenters. The zero-order chi connectivity index (χ0) is 13.7. The molecule has 1 atom stereocenters. The van der Waals surface area contributed by atoms with Crippen LogP contribution in [0.2, 0.25) is 0 Å². The van der Waals surface area contributed by atoms with E-state index in [4.69, 9.17) is 0 Å². The highest BCUT2D eigenvalue weighted by Crippen LogP contribution is 2.17. The number of rotatable bonds is 7. The summed E-state index contributed by atoms with van der Waals surface area (Å²) in [4.78, 5) is 4.32. The minimum atomic E-state index is -0.538. The van der Waals surface area contributed by atoms with Gasteiger partial charge < -0.3 is 9.67 Å². The Morgan fingerprint density at radius 1 is 1.26 bits per heavy atom. The van der Waals surface area contributed by atoms with E-state index in [1.54, 1.807) is 12.4 Å². The molecule has 0 amide bonds. The van der Waals surface area contributed by atoms with E-state index in [0.717, 1.165) is 37.3 Å². The Morgan fingerprint density at radius 2 is 2.05 bits per heavy atom. The molecule has 0 aliphatic carbocycles. The molecule has 5 heteroatoms. The van der Waals surface area contributed by atoms with Crippen LogP contribution < -0.4 is 0 Å². The molecular weight excluding hydrogens is 240 g/mol. The van der Waals surface area contributed by atoms with Crippen LogP contribution in [-0.2, 0) is 19.5 Å². The molecule has 2 rings (SSSR count). The van der Waals surface area contributed by atoms with Crippen LogP contribution in [0.5, 0.6) is 0 Å². The molecule has 0 aliphatic heterocycles. The highest BCUT2D eigenvalue weighted by molar-refractivity contribution is 5.10. The molecular formula is C14H22N4O. The Labute approximate surface area is 113 Å². The highest BCUT2D eigenvalue weighted by Gasteiger charge is 2.14. The van der Waals surface area contributed by atoms with E-state index in [-0.39, 0.29) is 0 Å². The quantitative estimate of drug-likeness (QED) is 0.832. The van der Waals surface area contributed by atoms with Crippen LogP contribution in [0.4, 0.5) is 0 Å². The lowest BCUT2D eigenvalue weighted by Gasteiger charge is -2.10. The van der Waals surface area contributed by atoms with Gasteiger partial charge >= 0.3 is 0 Å². The van der Waals surface area contributed by atoms with Gasteiger partial charge in [-0.25, -0.2) is 4.98 Å². The van der Waals surface area contributed by atoms with Crippen LogP contribution in [0.3, 0.4) is 0 Å². The van der Waals surface area contributed by atoms with E-state index in [0.29, 0.717) is 6.42 Å². The molecule has 1 N–H and O–H groups in total. The Balaban J connectivity index is 2.02. The standard InChI is InChI=1S/C14H22N4O/c1-3-6-17-8-5-15-14(17)9-13(19)12-10-16-18(11-12)7-4-2/h5,8,10-11,13,19H,3-4,6-7,9H2,1-2H3. The summed E-state index contributed by atoms with van der Waals surface area (Å²) in [6.45, 7) is 6.07. The first-order chi connectivity index (χ1) is 9.24. The maximum Gasteiger partial charge on any atom is 0.111 e. The highest BCUT2D eigenvalue weighted by atomic mass is 16.3. The summed E-state index contributed by atoms with van der Waals surface area (Å²) in [5.41, 5.74) is 0.861. The molecule has 0 saturated carbocycles. The lowest BCUT2D eigenvalue weighted by Crippen LogP contribution is -2.08. The zero-order valence-corrected chi connectivity index (χ0v) is 11.7. The SMILES string of the molecule is CCCn1cc(C(O)Cc2nccn2CCC)cn1. The van der Waals surface area contributed by atoms with Crippen molar-refractivity contribution in [2.24, 2.45) is 0 Å². The predicted molar refractivity (Wildman–Crippen MR) is 73.7 cm³/mol. The van der Waals surface area contributed by atoms with Gasteiger partial charge in [-0.2, -0.15) is 5.10 Å². The van der Waals surface area contributed by atoms with Crippen LogP contribution >= 0.6 is 0 Å². The summed E-state index contributed by atoms with van der Waals surface area (Å²) < 4.78 is 3.97. The van der Waals surface area contributed by atoms with E-state index in [2.05, 4.69) is 28.5 Å². The van der Waals surface area contributed by atoms with Crippen LogP contribution in [0, 0.1) is 0 Å². The van der Waals surface area contributed by atoms with Crippen LogP contribution in [0.15, 0.2) is 24.8 Å².